The van der Waals surface area contributed by atoms with Gasteiger partial charge >= 0.3 is 0 Å². The number of halogens is 1. The van der Waals surface area contributed by atoms with Crippen LogP contribution in [0.2, 0.25) is 5.28 Å². The molecule has 2 aromatic rings. The number of benzene rings is 1. The van der Waals surface area contributed by atoms with E-state index < -0.39 is 0 Å². The maximum Gasteiger partial charge on any atom is 0.223 e. The standard InChI is InChI=1S/C11H9ClN2O/c1-15-9-7-13-11(12)14-10(9)8-5-3-2-4-6-8/h2-7H,1H3. The van der Waals surface area contributed by atoms with E-state index in [2.05, 4.69) is 9.97 Å². The number of hydrogen-bond donors (Lipinski definition) is 0. The van der Waals surface area contributed by atoms with Gasteiger partial charge in [-0.2, -0.15) is 0 Å². The van der Waals surface area contributed by atoms with Crippen molar-refractivity contribution in [3.8, 4) is 17.0 Å². The maximum absolute atomic E-state index is 5.75. The zero-order valence-electron chi connectivity index (χ0n) is 8.14. The van der Waals surface area contributed by atoms with Crippen LogP contribution in [0.1, 0.15) is 0 Å². The van der Waals surface area contributed by atoms with Gasteiger partial charge in [-0.1, -0.05) is 30.3 Å². The van der Waals surface area contributed by atoms with Crippen molar-refractivity contribution in [1.82, 2.24) is 9.97 Å². The van der Waals surface area contributed by atoms with Crippen LogP contribution < -0.4 is 4.74 Å². The molecule has 0 radical (unpaired) electrons. The van der Waals surface area contributed by atoms with Crippen molar-refractivity contribution in [2.45, 2.75) is 0 Å². The van der Waals surface area contributed by atoms with Gasteiger partial charge in [-0.25, -0.2) is 9.97 Å². The van der Waals surface area contributed by atoms with E-state index >= 15 is 0 Å². The third-order valence-electron chi connectivity index (χ3n) is 1.99. The maximum atomic E-state index is 5.75. The summed E-state index contributed by atoms with van der Waals surface area (Å²) < 4.78 is 5.17. The number of nitrogens with zero attached hydrogens (tertiary/aromatic N) is 2. The summed E-state index contributed by atoms with van der Waals surface area (Å²) in [6, 6.07) is 9.71. The van der Waals surface area contributed by atoms with E-state index in [0.29, 0.717) is 11.4 Å². The minimum absolute atomic E-state index is 0.217. The van der Waals surface area contributed by atoms with Crippen molar-refractivity contribution >= 4 is 11.6 Å². The first-order chi connectivity index (χ1) is 7.31. The van der Waals surface area contributed by atoms with E-state index in [0.717, 1.165) is 5.56 Å². The fraction of sp³-hybridized carbons (Fsp3) is 0.0909. The van der Waals surface area contributed by atoms with Crippen LogP contribution in [0.15, 0.2) is 36.5 Å². The van der Waals surface area contributed by atoms with Crippen molar-refractivity contribution in [2.24, 2.45) is 0 Å². The minimum Gasteiger partial charge on any atom is -0.493 e. The second-order valence-corrected chi connectivity index (χ2v) is 3.26. The largest absolute Gasteiger partial charge is 0.493 e. The van der Waals surface area contributed by atoms with E-state index in [1.54, 1.807) is 13.3 Å². The Balaban J connectivity index is 2.56. The third-order valence-corrected chi connectivity index (χ3v) is 2.18. The highest BCUT2D eigenvalue weighted by atomic mass is 35.5. The molecular weight excluding hydrogens is 212 g/mol. The lowest BCUT2D eigenvalue weighted by molar-refractivity contribution is 0.412. The van der Waals surface area contributed by atoms with Gasteiger partial charge in [0.15, 0.2) is 5.75 Å². The molecule has 0 unspecified atom stereocenters. The molecule has 1 aromatic heterocycles. The number of methoxy groups -OCH3 is 1. The van der Waals surface area contributed by atoms with Crippen molar-refractivity contribution in [2.75, 3.05) is 7.11 Å². The van der Waals surface area contributed by atoms with Gasteiger partial charge in [0.1, 0.15) is 5.69 Å². The summed E-state index contributed by atoms with van der Waals surface area (Å²) in [4.78, 5) is 8.01. The molecule has 15 heavy (non-hydrogen) atoms. The number of aromatic nitrogens is 2. The zero-order chi connectivity index (χ0) is 10.7. The van der Waals surface area contributed by atoms with Gasteiger partial charge in [0, 0.05) is 5.56 Å². The molecule has 4 heteroatoms. The van der Waals surface area contributed by atoms with Crippen LogP contribution in [0.3, 0.4) is 0 Å². The SMILES string of the molecule is COc1cnc(Cl)nc1-c1ccccc1. The molecule has 0 saturated carbocycles. The lowest BCUT2D eigenvalue weighted by Crippen LogP contribution is -1.93. The van der Waals surface area contributed by atoms with Gasteiger partial charge in [-0.05, 0) is 11.6 Å². The first kappa shape index (κ1) is 9.93. The summed E-state index contributed by atoms with van der Waals surface area (Å²) >= 11 is 5.75. The van der Waals surface area contributed by atoms with Crippen LogP contribution in [-0.2, 0) is 0 Å². The molecule has 1 heterocycles. The molecule has 0 spiro atoms. The van der Waals surface area contributed by atoms with Crippen LogP contribution in [0, 0.1) is 0 Å². The van der Waals surface area contributed by atoms with E-state index in [4.69, 9.17) is 16.3 Å². The second-order valence-electron chi connectivity index (χ2n) is 2.92. The quantitative estimate of drug-likeness (QED) is 0.730. The van der Waals surface area contributed by atoms with Gasteiger partial charge in [-0.3, -0.25) is 0 Å². The average Bonchev–Trinajstić information content (AvgIpc) is 2.30. The summed E-state index contributed by atoms with van der Waals surface area (Å²) in [6.07, 6.45) is 1.57. The Labute approximate surface area is 92.7 Å². The van der Waals surface area contributed by atoms with Gasteiger partial charge in [0.05, 0.1) is 13.3 Å². The zero-order valence-corrected chi connectivity index (χ0v) is 8.90. The molecule has 0 fully saturated rings. The molecule has 0 atom stereocenters. The van der Waals surface area contributed by atoms with Crippen LogP contribution in [0.5, 0.6) is 5.75 Å². The molecule has 0 aliphatic carbocycles. The Bertz CT molecular complexity index is 459. The lowest BCUT2D eigenvalue weighted by atomic mass is 10.1. The predicted molar refractivity (Wildman–Crippen MR) is 59.0 cm³/mol. The topological polar surface area (TPSA) is 35.0 Å². The van der Waals surface area contributed by atoms with E-state index in [1.165, 1.54) is 0 Å². The summed E-state index contributed by atoms with van der Waals surface area (Å²) in [5.74, 6) is 0.616. The fourth-order valence-corrected chi connectivity index (χ4v) is 1.43. The van der Waals surface area contributed by atoms with Crippen LogP contribution >= 0.6 is 11.6 Å². The van der Waals surface area contributed by atoms with Crippen LogP contribution in [0.4, 0.5) is 0 Å². The smallest absolute Gasteiger partial charge is 0.223 e. The van der Waals surface area contributed by atoms with E-state index in [9.17, 15) is 0 Å². The highest BCUT2D eigenvalue weighted by Gasteiger charge is 2.08. The summed E-state index contributed by atoms with van der Waals surface area (Å²) in [5, 5.41) is 0.217. The van der Waals surface area contributed by atoms with Crippen LogP contribution in [0.25, 0.3) is 11.3 Å². The lowest BCUT2D eigenvalue weighted by Gasteiger charge is -2.06. The average molecular weight is 221 g/mol. The van der Waals surface area contributed by atoms with Gasteiger partial charge < -0.3 is 4.74 Å². The Kier molecular flexibility index (Phi) is 2.83. The molecule has 0 saturated heterocycles. The highest BCUT2D eigenvalue weighted by Crippen LogP contribution is 2.27. The molecule has 3 nitrogen and oxygen atoms in total. The van der Waals surface area contributed by atoms with Crippen molar-refractivity contribution in [3.63, 3.8) is 0 Å². The number of rotatable bonds is 2. The Morgan fingerprint density at radius 2 is 1.93 bits per heavy atom. The van der Waals surface area contributed by atoms with E-state index in [-0.39, 0.29) is 5.28 Å². The molecule has 76 valence electrons. The number of hydrogen-bond acceptors (Lipinski definition) is 3. The molecule has 1 aromatic carbocycles. The van der Waals surface area contributed by atoms with Gasteiger partial charge in [0.2, 0.25) is 5.28 Å². The summed E-state index contributed by atoms with van der Waals surface area (Å²) in [7, 11) is 1.58. The van der Waals surface area contributed by atoms with E-state index in [1.807, 2.05) is 30.3 Å². The Morgan fingerprint density at radius 1 is 1.20 bits per heavy atom. The number of ether oxygens (including phenoxy) is 1. The van der Waals surface area contributed by atoms with Gasteiger partial charge in [-0.15, -0.1) is 0 Å². The monoisotopic (exact) mass is 220 g/mol. The first-order valence-electron chi connectivity index (χ1n) is 4.43. The molecule has 0 aliphatic heterocycles. The molecule has 0 aliphatic rings. The molecule has 0 amide bonds. The van der Waals surface area contributed by atoms with Crippen molar-refractivity contribution in [1.29, 1.82) is 0 Å². The van der Waals surface area contributed by atoms with Crippen LogP contribution in [-0.4, -0.2) is 17.1 Å². The third kappa shape index (κ3) is 2.07. The van der Waals surface area contributed by atoms with Gasteiger partial charge in [0.25, 0.3) is 0 Å². The highest BCUT2D eigenvalue weighted by molar-refractivity contribution is 6.28. The normalized spacial score (nSPS) is 10.0. The minimum atomic E-state index is 0.217. The molecule has 0 bridgehead atoms. The molecule has 0 N–H and O–H groups in total. The summed E-state index contributed by atoms with van der Waals surface area (Å²) in [6.45, 7) is 0. The fourth-order valence-electron chi connectivity index (χ4n) is 1.30. The van der Waals surface area contributed by atoms with Crippen molar-refractivity contribution < 1.29 is 4.74 Å². The van der Waals surface area contributed by atoms with Crippen molar-refractivity contribution in [3.05, 3.63) is 41.8 Å². The summed E-state index contributed by atoms with van der Waals surface area (Å²) in [5.41, 5.74) is 1.66. The Hall–Kier alpha value is -1.61. The molecular formula is C11H9ClN2O. The Morgan fingerprint density at radius 3 is 2.60 bits per heavy atom. The molecule has 2 rings (SSSR count). The first-order valence-corrected chi connectivity index (χ1v) is 4.81. The predicted octanol–water partition coefficient (Wildman–Crippen LogP) is 2.81. The second kappa shape index (κ2) is 4.28.